The minimum Gasteiger partial charge on any atom is -0.244 e. The molecule has 1 aromatic carbocycles. The van der Waals surface area contributed by atoms with Crippen LogP contribution in [0.15, 0.2) is 68.0 Å². The fourth-order valence-corrected chi connectivity index (χ4v) is 2.73. The first-order valence-corrected chi connectivity index (χ1v) is 6.23. The molecule has 0 fully saturated rings. The molecule has 0 unspecified atom stereocenters. The molecule has 0 aliphatic heterocycles. The molecule has 0 bridgehead atoms. The van der Waals surface area contributed by atoms with Crippen molar-refractivity contribution in [1.29, 1.82) is 0 Å². The molecule has 0 amide bonds. The van der Waals surface area contributed by atoms with Crippen molar-refractivity contribution in [3.05, 3.63) is 73.6 Å². The molecule has 17 heavy (non-hydrogen) atoms. The molecule has 90 valence electrons. The lowest BCUT2D eigenvalue weighted by Gasteiger charge is -2.50. The van der Waals surface area contributed by atoms with E-state index in [1.165, 1.54) is 5.56 Å². The molecule has 1 rings (SSSR count). The van der Waals surface area contributed by atoms with Crippen molar-refractivity contribution in [1.82, 2.24) is 0 Å². The molecule has 0 heterocycles. The van der Waals surface area contributed by atoms with Crippen LogP contribution in [0.25, 0.3) is 0 Å². The molecule has 0 N–H and O–H groups in total. The maximum Gasteiger partial charge on any atom is 0.0667 e. The Morgan fingerprint density at radius 3 is 1.88 bits per heavy atom. The summed E-state index contributed by atoms with van der Waals surface area (Å²) in [6, 6.07) is 10.6. The molecule has 1 atom stereocenters. The Hall–Kier alpha value is -1.50. The fraction of sp³-hybridized carbons (Fsp3) is 0.250. The van der Waals surface area contributed by atoms with Crippen LogP contribution in [0.5, 0.6) is 0 Å². The lowest BCUT2D eigenvalue weighted by atomic mass is 9.13. The first-order valence-electron chi connectivity index (χ1n) is 6.23. The van der Waals surface area contributed by atoms with Crippen LogP contribution in [0.3, 0.4) is 0 Å². The van der Waals surface area contributed by atoms with Crippen LogP contribution in [0.2, 0.25) is 0 Å². The van der Waals surface area contributed by atoms with E-state index in [1.54, 1.807) is 0 Å². The molecular weight excluding hydrogens is 203 g/mol. The zero-order chi connectivity index (χ0) is 12.9. The number of benzene rings is 1. The molecule has 0 nitrogen and oxygen atoms in total. The van der Waals surface area contributed by atoms with Crippen LogP contribution in [0.4, 0.5) is 0 Å². The highest BCUT2D eigenvalue weighted by Crippen LogP contribution is 2.38. The molecule has 1 aromatic rings. The fourth-order valence-electron chi connectivity index (χ4n) is 2.73. The Balaban J connectivity index is 3.43. The van der Waals surface area contributed by atoms with Crippen molar-refractivity contribution in [3.8, 4) is 0 Å². The van der Waals surface area contributed by atoms with E-state index in [-0.39, 0.29) is 5.31 Å². The van der Waals surface area contributed by atoms with Crippen molar-refractivity contribution in [2.75, 3.05) is 0 Å². The van der Waals surface area contributed by atoms with E-state index in [2.05, 4.69) is 57.8 Å². The predicted octanol–water partition coefficient (Wildman–Crippen LogP) is 4.52. The van der Waals surface area contributed by atoms with E-state index in [1.807, 2.05) is 24.0 Å². The summed E-state index contributed by atoms with van der Waals surface area (Å²) in [4.78, 5) is 0. The third-order valence-corrected chi connectivity index (χ3v) is 4.44. The van der Waals surface area contributed by atoms with Gasteiger partial charge in [-0.15, -0.1) is 25.1 Å². The SMILES string of the molecule is C=C[B-](C=C)(C=C)[C@](C)(CC)c1ccccc1. The van der Waals surface area contributed by atoms with Crippen molar-refractivity contribution >= 4 is 6.15 Å². The highest BCUT2D eigenvalue weighted by molar-refractivity contribution is 6.95. The zero-order valence-electron chi connectivity index (χ0n) is 11.0. The van der Waals surface area contributed by atoms with E-state index in [0.717, 1.165) is 6.42 Å². The number of rotatable bonds is 6. The molecule has 0 aliphatic rings. The van der Waals surface area contributed by atoms with Crippen molar-refractivity contribution in [2.24, 2.45) is 0 Å². The average molecular weight is 225 g/mol. The molecule has 0 saturated heterocycles. The van der Waals surface area contributed by atoms with Crippen LogP contribution < -0.4 is 0 Å². The van der Waals surface area contributed by atoms with Crippen molar-refractivity contribution in [3.63, 3.8) is 0 Å². The van der Waals surface area contributed by atoms with Gasteiger partial charge in [0.05, 0.1) is 6.15 Å². The standard InChI is InChI=1S/C16H22B/c1-6-16(5,15-13-11-10-12-14-15)17(7-2,8-3)9-4/h7-14H,2-4,6H2,1,5H3/q-1/t16-/m1/s1. The number of hydrogen-bond donors (Lipinski definition) is 0. The number of hydrogen-bond acceptors (Lipinski definition) is 0. The highest BCUT2D eigenvalue weighted by Gasteiger charge is 2.35. The Morgan fingerprint density at radius 1 is 1.06 bits per heavy atom. The Kier molecular flexibility index (Phi) is 4.17. The van der Waals surface area contributed by atoms with Crippen LogP contribution >= 0.6 is 0 Å². The summed E-state index contributed by atoms with van der Waals surface area (Å²) < 4.78 is 0. The van der Waals surface area contributed by atoms with Gasteiger partial charge in [0.25, 0.3) is 0 Å². The molecule has 0 aliphatic carbocycles. The monoisotopic (exact) mass is 225 g/mol. The minimum atomic E-state index is -1.02. The topological polar surface area (TPSA) is 0 Å². The Morgan fingerprint density at radius 2 is 1.53 bits per heavy atom. The van der Waals surface area contributed by atoms with Gasteiger partial charge in [0, 0.05) is 0 Å². The van der Waals surface area contributed by atoms with Crippen LogP contribution in [-0.2, 0) is 5.31 Å². The summed E-state index contributed by atoms with van der Waals surface area (Å²) in [5.41, 5.74) is 1.32. The maximum absolute atomic E-state index is 4.00. The summed E-state index contributed by atoms with van der Waals surface area (Å²) in [5, 5.41) is 0.00646. The normalized spacial score (nSPS) is 14.7. The summed E-state index contributed by atoms with van der Waals surface area (Å²) in [5.74, 6) is 6.03. The van der Waals surface area contributed by atoms with Gasteiger partial charge in [-0.25, -0.2) is 17.9 Å². The van der Waals surface area contributed by atoms with Crippen LogP contribution in [0.1, 0.15) is 25.8 Å². The largest absolute Gasteiger partial charge is 0.244 e. The second kappa shape index (κ2) is 5.22. The first kappa shape index (κ1) is 13.6. The van der Waals surface area contributed by atoms with E-state index in [9.17, 15) is 0 Å². The van der Waals surface area contributed by atoms with Crippen molar-refractivity contribution < 1.29 is 0 Å². The lowest BCUT2D eigenvalue weighted by Crippen LogP contribution is -2.50. The van der Waals surface area contributed by atoms with Crippen molar-refractivity contribution in [2.45, 2.75) is 25.6 Å². The van der Waals surface area contributed by atoms with Gasteiger partial charge in [-0.3, -0.25) is 0 Å². The summed E-state index contributed by atoms with van der Waals surface area (Å²) in [6.45, 7) is 16.5. The third kappa shape index (κ3) is 2.02. The summed E-state index contributed by atoms with van der Waals surface area (Å²) in [6.07, 6.45) is 0.0137. The van der Waals surface area contributed by atoms with Gasteiger partial charge in [-0.05, 0) is 0 Å². The third-order valence-electron chi connectivity index (χ3n) is 4.44. The Bertz CT molecular complexity index is 383. The van der Waals surface area contributed by atoms with Gasteiger partial charge in [-0.2, -0.15) is 0 Å². The van der Waals surface area contributed by atoms with E-state index >= 15 is 0 Å². The van der Waals surface area contributed by atoms with Crippen LogP contribution in [-0.4, -0.2) is 6.15 Å². The van der Waals surface area contributed by atoms with E-state index in [0.29, 0.717) is 0 Å². The summed E-state index contributed by atoms with van der Waals surface area (Å²) >= 11 is 0. The quantitative estimate of drug-likeness (QED) is 0.624. The molecule has 0 spiro atoms. The predicted molar refractivity (Wildman–Crippen MR) is 80.4 cm³/mol. The molecule has 0 aromatic heterocycles. The van der Waals surface area contributed by atoms with E-state index < -0.39 is 6.15 Å². The maximum atomic E-state index is 4.00. The Labute approximate surface area is 106 Å². The molecular formula is C16H22B-. The molecule has 0 radical (unpaired) electrons. The van der Waals surface area contributed by atoms with Gasteiger partial charge >= 0.3 is 0 Å². The smallest absolute Gasteiger partial charge is 0.0667 e. The molecule has 0 saturated carbocycles. The van der Waals surface area contributed by atoms with Crippen LogP contribution in [0, 0.1) is 0 Å². The van der Waals surface area contributed by atoms with Gasteiger partial charge in [0.1, 0.15) is 0 Å². The first-order chi connectivity index (χ1) is 8.10. The lowest BCUT2D eigenvalue weighted by molar-refractivity contribution is 0.625. The second-order valence-corrected chi connectivity index (χ2v) is 4.92. The molecule has 1 heteroatoms. The van der Waals surface area contributed by atoms with Gasteiger partial charge in [-0.1, -0.05) is 56.2 Å². The average Bonchev–Trinajstić information content (AvgIpc) is 2.42. The van der Waals surface area contributed by atoms with Gasteiger partial charge in [0.2, 0.25) is 0 Å². The van der Waals surface area contributed by atoms with Gasteiger partial charge in [0.15, 0.2) is 0 Å². The second-order valence-electron chi connectivity index (χ2n) is 4.92. The summed E-state index contributed by atoms with van der Waals surface area (Å²) in [7, 11) is 0. The highest BCUT2D eigenvalue weighted by atomic mass is 14.2. The van der Waals surface area contributed by atoms with E-state index in [4.69, 9.17) is 0 Å². The van der Waals surface area contributed by atoms with Gasteiger partial charge < -0.3 is 0 Å². The zero-order valence-corrected chi connectivity index (χ0v) is 11.0. The minimum absolute atomic E-state index is 0.00646.